The molecule has 3 rings (SSSR count). The first kappa shape index (κ1) is 14.2. The molecule has 0 atom stereocenters. The number of benzene rings is 1. The highest BCUT2D eigenvalue weighted by atomic mass is 32.1. The molecule has 0 fully saturated rings. The molecule has 0 aliphatic rings. The lowest BCUT2D eigenvalue weighted by Gasteiger charge is -2.02. The Hall–Kier alpha value is -2.79. The lowest BCUT2D eigenvalue weighted by molar-refractivity contribution is 0.102. The van der Waals surface area contributed by atoms with Gasteiger partial charge in [0.25, 0.3) is 5.91 Å². The molecule has 1 amide bonds. The number of aromatic nitrogens is 4. The van der Waals surface area contributed by atoms with E-state index < -0.39 is 0 Å². The molecule has 7 nitrogen and oxygen atoms in total. The summed E-state index contributed by atoms with van der Waals surface area (Å²) in [5.41, 5.74) is 1.15. The normalized spacial score (nSPS) is 10.8. The number of hydrogen-bond donors (Lipinski definition) is 1. The number of fused-ring (bicyclic) bond motifs is 1. The number of nitrogens with one attached hydrogen (secondary N) is 1. The van der Waals surface area contributed by atoms with Crippen LogP contribution in [-0.2, 0) is 0 Å². The lowest BCUT2D eigenvalue weighted by atomic mass is 10.2. The molecule has 110 valence electrons. The van der Waals surface area contributed by atoms with Gasteiger partial charge >= 0.3 is 0 Å². The Morgan fingerprint density at radius 3 is 2.68 bits per heavy atom. The van der Waals surface area contributed by atoms with E-state index in [1.54, 1.807) is 28.8 Å². The lowest BCUT2D eigenvalue weighted by Crippen LogP contribution is -2.12. The van der Waals surface area contributed by atoms with E-state index in [4.69, 9.17) is 5.26 Å². The summed E-state index contributed by atoms with van der Waals surface area (Å²) in [6.45, 7) is 3.98. The highest BCUT2D eigenvalue weighted by Crippen LogP contribution is 2.19. The van der Waals surface area contributed by atoms with E-state index in [2.05, 4.69) is 20.6 Å². The molecule has 2 aromatic heterocycles. The van der Waals surface area contributed by atoms with Crippen LogP contribution in [0.15, 0.2) is 24.3 Å². The standard InChI is InChI=1S/C14H12N6OS/c1-8(2)11-17-18-14-20(11)19-13(22-14)12(21)16-10-5-3-9(7-15)4-6-10/h3-6,8H,1-2H3,(H,16,21). The van der Waals surface area contributed by atoms with Crippen LogP contribution < -0.4 is 5.32 Å². The van der Waals surface area contributed by atoms with Crippen molar-refractivity contribution < 1.29 is 4.79 Å². The van der Waals surface area contributed by atoms with Crippen molar-refractivity contribution in [1.82, 2.24) is 19.8 Å². The second kappa shape index (κ2) is 5.54. The van der Waals surface area contributed by atoms with Gasteiger partial charge in [0.05, 0.1) is 11.6 Å². The van der Waals surface area contributed by atoms with Gasteiger partial charge in [-0.15, -0.1) is 15.3 Å². The number of carbonyl (C=O) groups excluding carboxylic acids is 1. The predicted octanol–water partition coefficient (Wildman–Crippen LogP) is 2.43. The molecular weight excluding hydrogens is 300 g/mol. The molecule has 1 N–H and O–H groups in total. The Kier molecular flexibility index (Phi) is 3.56. The molecule has 0 spiro atoms. The Labute approximate surface area is 130 Å². The van der Waals surface area contributed by atoms with E-state index in [-0.39, 0.29) is 11.8 Å². The summed E-state index contributed by atoms with van der Waals surface area (Å²) in [5, 5.41) is 24.2. The first-order chi connectivity index (χ1) is 10.6. The third-order valence-corrected chi connectivity index (χ3v) is 3.90. The SMILES string of the molecule is CC(C)c1nnc2sc(C(=O)Nc3ccc(C#N)cc3)nn12. The van der Waals surface area contributed by atoms with E-state index in [9.17, 15) is 4.79 Å². The van der Waals surface area contributed by atoms with Crippen molar-refractivity contribution in [3.63, 3.8) is 0 Å². The van der Waals surface area contributed by atoms with E-state index >= 15 is 0 Å². The molecule has 2 heterocycles. The van der Waals surface area contributed by atoms with Crippen molar-refractivity contribution in [2.24, 2.45) is 0 Å². The van der Waals surface area contributed by atoms with Gasteiger partial charge in [-0.2, -0.15) is 9.78 Å². The van der Waals surface area contributed by atoms with Crippen LogP contribution in [-0.4, -0.2) is 25.7 Å². The maximum Gasteiger partial charge on any atom is 0.286 e. The third kappa shape index (κ3) is 2.54. The molecule has 0 saturated heterocycles. The minimum absolute atomic E-state index is 0.173. The van der Waals surface area contributed by atoms with Crippen molar-refractivity contribution in [3.8, 4) is 6.07 Å². The van der Waals surface area contributed by atoms with Crippen LogP contribution in [0.2, 0.25) is 0 Å². The molecular formula is C14H12N6OS. The first-order valence-electron chi connectivity index (χ1n) is 6.62. The molecule has 0 aliphatic heterocycles. The van der Waals surface area contributed by atoms with Gasteiger partial charge < -0.3 is 5.32 Å². The molecule has 0 unspecified atom stereocenters. The highest BCUT2D eigenvalue weighted by molar-refractivity contribution is 7.18. The number of rotatable bonds is 3. The third-order valence-electron chi connectivity index (χ3n) is 3.00. The minimum Gasteiger partial charge on any atom is -0.320 e. The van der Waals surface area contributed by atoms with Gasteiger partial charge in [0.1, 0.15) is 0 Å². The first-order valence-corrected chi connectivity index (χ1v) is 7.44. The Bertz CT molecular complexity index is 871. The van der Waals surface area contributed by atoms with Crippen LogP contribution >= 0.6 is 11.3 Å². The summed E-state index contributed by atoms with van der Waals surface area (Å²) in [4.78, 5) is 12.8. The summed E-state index contributed by atoms with van der Waals surface area (Å²) in [6, 6.07) is 8.67. The Morgan fingerprint density at radius 1 is 1.32 bits per heavy atom. The quantitative estimate of drug-likeness (QED) is 0.801. The Morgan fingerprint density at radius 2 is 2.05 bits per heavy atom. The van der Waals surface area contributed by atoms with Crippen molar-refractivity contribution in [3.05, 3.63) is 40.7 Å². The highest BCUT2D eigenvalue weighted by Gasteiger charge is 2.18. The number of nitrogens with zero attached hydrogens (tertiary/aromatic N) is 5. The van der Waals surface area contributed by atoms with E-state index in [1.807, 2.05) is 19.9 Å². The summed E-state index contributed by atoms with van der Waals surface area (Å²) in [7, 11) is 0. The molecule has 22 heavy (non-hydrogen) atoms. The number of hydrogen-bond acceptors (Lipinski definition) is 6. The summed E-state index contributed by atoms with van der Waals surface area (Å²) >= 11 is 1.18. The number of anilines is 1. The second-order valence-electron chi connectivity index (χ2n) is 4.96. The van der Waals surface area contributed by atoms with Gasteiger partial charge in [-0.05, 0) is 24.3 Å². The summed E-state index contributed by atoms with van der Waals surface area (Å²) < 4.78 is 1.60. The average molecular weight is 312 g/mol. The number of carbonyl (C=O) groups is 1. The van der Waals surface area contributed by atoms with Gasteiger partial charge in [0.15, 0.2) is 5.82 Å². The van der Waals surface area contributed by atoms with Crippen LogP contribution in [0.1, 0.15) is 41.0 Å². The fourth-order valence-corrected chi connectivity index (χ4v) is 2.64. The maximum atomic E-state index is 12.2. The van der Waals surface area contributed by atoms with Gasteiger partial charge in [-0.3, -0.25) is 4.79 Å². The second-order valence-corrected chi connectivity index (χ2v) is 5.91. The predicted molar refractivity (Wildman–Crippen MR) is 81.9 cm³/mol. The zero-order valence-electron chi connectivity index (χ0n) is 11.9. The van der Waals surface area contributed by atoms with Crippen LogP contribution in [0.4, 0.5) is 5.69 Å². The number of nitriles is 1. The maximum absolute atomic E-state index is 12.2. The zero-order valence-corrected chi connectivity index (χ0v) is 12.8. The Balaban J connectivity index is 1.84. The monoisotopic (exact) mass is 312 g/mol. The molecule has 0 aliphatic carbocycles. The molecule has 1 aromatic carbocycles. The van der Waals surface area contributed by atoms with Crippen LogP contribution in [0.3, 0.4) is 0 Å². The summed E-state index contributed by atoms with van der Waals surface area (Å²) in [6.07, 6.45) is 0. The van der Waals surface area contributed by atoms with Gasteiger partial charge in [-0.25, -0.2) is 0 Å². The van der Waals surface area contributed by atoms with Crippen molar-refractivity contribution in [1.29, 1.82) is 5.26 Å². The van der Waals surface area contributed by atoms with E-state index in [0.717, 1.165) is 5.82 Å². The van der Waals surface area contributed by atoms with Gasteiger partial charge in [0.2, 0.25) is 9.97 Å². The van der Waals surface area contributed by atoms with E-state index in [0.29, 0.717) is 21.2 Å². The largest absolute Gasteiger partial charge is 0.320 e. The van der Waals surface area contributed by atoms with Crippen LogP contribution in [0.5, 0.6) is 0 Å². The number of amides is 1. The molecule has 0 saturated carbocycles. The average Bonchev–Trinajstić information content (AvgIpc) is 3.07. The molecule has 8 heteroatoms. The van der Waals surface area contributed by atoms with E-state index in [1.165, 1.54) is 11.3 Å². The fraction of sp³-hybridized carbons (Fsp3) is 0.214. The van der Waals surface area contributed by atoms with Gasteiger partial charge in [-0.1, -0.05) is 25.2 Å². The van der Waals surface area contributed by atoms with Crippen molar-refractivity contribution in [2.45, 2.75) is 19.8 Å². The smallest absolute Gasteiger partial charge is 0.286 e. The molecule has 3 aromatic rings. The van der Waals surface area contributed by atoms with Crippen molar-refractivity contribution >= 4 is 27.9 Å². The van der Waals surface area contributed by atoms with Gasteiger partial charge in [0, 0.05) is 11.6 Å². The van der Waals surface area contributed by atoms with Crippen molar-refractivity contribution in [2.75, 3.05) is 5.32 Å². The zero-order chi connectivity index (χ0) is 15.7. The fourth-order valence-electron chi connectivity index (χ4n) is 1.90. The molecule has 0 radical (unpaired) electrons. The minimum atomic E-state index is -0.310. The molecule has 0 bridgehead atoms. The van der Waals surface area contributed by atoms with Crippen LogP contribution in [0.25, 0.3) is 4.96 Å². The topological polar surface area (TPSA) is 96.0 Å². The summed E-state index contributed by atoms with van der Waals surface area (Å²) in [5.74, 6) is 0.588. The van der Waals surface area contributed by atoms with Crippen LogP contribution in [0, 0.1) is 11.3 Å².